The largest absolute Gasteiger partial charge is 0.417 e. The Morgan fingerprint density at radius 2 is 2.06 bits per heavy atom. The highest BCUT2D eigenvalue weighted by molar-refractivity contribution is 6.48. The summed E-state index contributed by atoms with van der Waals surface area (Å²) in [4.78, 5) is 7.64. The van der Waals surface area contributed by atoms with E-state index in [9.17, 15) is 0 Å². The van der Waals surface area contributed by atoms with E-state index in [0.717, 1.165) is 19.3 Å². The summed E-state index contributed by atoms with van der Waals surface area (Å²) in [5, 5.41) is 0. The minimum atomic E-state index is -0.986. The Kier molecular flexibility index (Phi) is 5.60. The summed E-state index contributed by atoms with van der Waals surface area (Å²) in [6.07, 6.45) is 5.24. The molecule has 0 amide bonds. The summed E-state index contributed by atoms with van der Waals surface area (Å²) in [5.74, 6) is 0. The van der Waals surface area contributed by atoms with Crippen LogP contribution in [0.5, 0.6) is 0 Å². The van der Waals surface area contributed by atoms with Crippen molar-refractivity contribution in [3.63, 3.8) is 0 Å². The van der Waals surface area contributed by atoms with E-state index in [0.29, 0.717) is 6.10 Å². The molecule has 1 N–H and O–H groups in total. The predicted octanol–water partition coefficient (Wildman–Crippen LogP) is 3.32. The van der Waals surface area contributed by atoms with Crippen LogP contribution in [0.3, 0.4) is 0 Å². The molecule has 0 saturated carbocycles. The predicted molar refractivity (Wildman–Crippen MR) is 79.5 cm³/mol. The van der Waals surface area contributed by atoms with Crippen LogP contribution < -0.4 is 0 Å². The average molecular weight is 268 g/mol. The Bertz CT molecular complexity index is 355. The van der Waals surface area contributed by atoms with Crippen LogP contribution in [-0.2, 0) is 17.3 Å². The summed E-state index contributed by atoms with van der Waals surface area (Å²) < 4.78 is 6.19. The lowest BCUT2D eigenvalue weighted by atomic mass is 9.86. The first-order valence-corrected chi connectivity index (χ1v) is 9.79. The van der Waals surface area contributed by atoms with Gasteiger partial charge in [0.25, 0.3) is 0 Å². The van der Waals surface area contributed by atoms with Crippen LogP contribution in [0.25, 0.3) is 0 Å². The van der Waals surface area contributed by atoms with Crippen molar-refractivity contribution in [1.82, 2.24) is 9.97 Å². The second-order valence-corrected chi connectivity index (χ2v) is 8.63. The molecule has 1 aromatic heterocycles. The highest BCUT2D eigenvalue weighted by Gasteiger charge is 2.26. The van der Waals surface area contributed by atoms with Crippen molar-refractivity contribution in [3.05, 3.63) is 17.7 Å². The van der Waals surface area contributed by atoms with E-state index in [1.807, 2.05) is 0 Å². The second kappa shape index (κ2) is 6.52. The lowest BCUT2D eigenvalue weighted by Gasteiger charge is -2.32. The van der Waals surface area contributed by atoms with Gasteiger partial charge in [0.05, 0.1) is 12.0 Å². The van der Waals surface area contributed by atoms with Crippen LogP contribution in [0.2, 0.25) is 13.1 Å². The Balaban J connectivity index is 2.62. The summed E-state index contributed by atoms with van der Waals surface area (Å²) >= 11 is 0. The quantitative estimate of drug-likeness (QED) is 0.804. The molecule has 1 unspecified atom stereocenters. The Hall–Kier alpha value is -0.613. The van der Waals surface area contributed by atoms with Gasteiger partial charge in [0.1, 0.15) is 0 Å². The topological polar surface area (TPSA) is 37.9 Å². The number of rotatable bonds is 6. The first-order chi connectivity index (χ1) is 8.34. The lowest BCUT2D eigenvalue weighted by Crippen LogP contribution is -2.33. The maximum atomic E-state index is 6.19. The molecule has 0 spiro atoms. The zero-order chi connectivity index (χ0) is 13.8. The van der Waals surface area contributed by atoms with Crippen molar-refractivity contribution < 1.29 is 4.43 Å². The van der Waals surface area contributed by atoms with Gasteiger partial charge < -0.3 is 9.41 Å². The highest BCUT2D eigenvalue weighted by Crippen LogP contribution is 2.27. The Labute approximate surface area is 113 Å². The number of nitrogens with one attached hydrogen (secondary N) is 1. The SMILES string of the molecule is CCc1[nH]cnc1CCC(O[SiH](C)C)C(C)(C)C. The fourth-order valence-corrected chi connectivity index (χ4v) is 3.37. The van der Waals surface area contributed by atoms with Crippen molar-refractivity contribution in [2.75, 3.05) is 0 Å². The molecule has 104 valence electrons. The van der Waals surface area contributed by atoms with Gasteiger partial charge in [-0.05, 0) is 37.8 Å². The molecule has 4 heteroatoms. The standard InChI is InChI=1S/C14H28N2OSi/c1-7-11-12(16-10-15-11)8-9-13(14(2,3)4)17-18(5)6/h10,13,18H,7-9H2,1-6H3,(H,15,16). The van der Waals surface area contributed by atoms with Gasteiger partial charge in [-0.3, -0.25) is 0 Å². The molecular formula is C14H28N2OSi. The molecule has 1 rings (SSSR count). The number of hydrogen-bond acceptors (Lipinski definition) is 2. The van der Waals surface area contributed by atoms with Crippen molar-refractivity contribution in [2.24, 2.45) is 5.41 Å². The van der Waals surface area contributed by atoms with Crippen molar-refractivity contribution in [1.29, 1.82) is 0 Å². The van der Waals surface area contributed by atoms with E-state index in [2.05, 4.69) is 50.8 Å². The third-order valence-corrected chi connectivity index (χ3v) is 4.08. The smallest absolute Gasteiger partial charge is 0.171 e. The Morgan fingerprint density at radius 3 is 2.56 bits per heavy atom. The molecule has 0 aliphatic rings. The fraction of sp³-hybridized carbons (Fsp3) is 0.786. The number of imidazole rings is 1. The summed E-state index contributed by atoms with van der Waals surface area (Å²) in [6.45, 7) is 13.4. The number of aryl methyl sites for hydroxylation is 2. The average Bonchev–Trinajstić information content (AvgIpc) is 2.69. The van der Waals surface area contributed by atoms with Crippen LogP contribution in [0.4, 0.5) is 0 Å². The molecule has 0 bridgehead atoms. The molecule has 3 nitrogen and oxygen atoms in total. The molecule has 0 aliphatic heterocycles. The zero-order valence-corrected chi connectivity index (χ0v) is 13.9. The van der Waals surface area contributed by atoms with E-state index in [4.69, 9.17) is 4.43 Å². The maximum Gasteiger partial charge on any atom is 0.171 e. The number of nitrogens with zero attached hydrogens (tertiary/aromatic N) is 1. The van der Waals surface area contributed by atoms with E-state index in [-0.39, 0.29) is 5.41 Å². The maximum absolute atomic E-state index is 6.19. The third kappa shape index (κ3) is 4.57. The minimum absolute atomic E-state index is 0.208. The van der Waals surface area contributed by atoms with Gasteiger partial charge in [0.15, 0.2) is 9.04 Å². The summed E-state index contributed by atoms with van der Waals surface area (Å²) in [6, 6.07) is 0. The normalized spacial score (nSPS) is 14.2. The first-order valence-electron chi connectivity index (χ1n) is 7.01. The van der Waals surface area contributed by atoms with E-state index < -0.39 is 9.04 Å². The zero-order valence-electron chi connectivity index (χ0n) is 12.7. The highest BCUT2D eigenvalue weighted by atomic mass is 28.3. The summed E-state index contributed by atoms with van der Waals surface area (Å²) in [5.41, 5.74) is 2.69. The van der Waals surface area contributed by atoms with Gasteiger partial charge in [-0.2, -0.15) is 0 Å². The van der Waals surface area contributed by atoms with E-state index in [1.54, 1.807) is 6.33 Å². The van der Waals surface area contributed by atoms with Gasteiger partial charge in [-0.1, -0.05) is 27.7 Å². The van der Waals surface area contributed by atoms with Crippen LogP contribution in [0.15, 0.2) is 6.33 Å². The molecule has 0 aromatic carbocycles. The van der Waals surface area contributed by atoms with Crippen molar-refractivity contribution in [3.8, 4) is 0 Å². The molecule has 0 radical (unpaired) electrons. The molecule has 0 aliphatic carbocycles. The second-order valence-electron chi connectivity index (χ2n) is 6.26. The third-order valence-electron chi connectivity index (χ3n) is 3.21. The molecule has 0 fully saturated rings. The van der Waals surface area contributed by atoms with Crippen LogP contribution >= 0.6 is 0 Å². The molecule has 1 aromatic rings. The molecule has 0 saturated heterocycles. The van der Waals surface area contributed by atoms with Crippen LogP contribution in [0.1, 0.15) is 45.5 Å². The molecule has 1 heterocycles. The Morgan fingerprint density at radius 1 is 1.39 bits per heavy atom. The first kappa shape index (κ1) is 15.4. The molecular weight excluding hydrogens is 240 g/mol. The number of aromatic amines is 1. The van der Waals surface area contributed by atoms with Crippen LogP contribution in [0, 0.1) is 5.41 Å². The van der Waals surface area contributed by atoms with Gasteiger partial charge in [-0.25, -0.2) is 4.98 Å². The number of aromatic nitrogens is 2. The van der Waals surface area contributed by atoms with Gasteiger partial charge >= 0.3 is 0 Å². The number of hydrogen-bond donors (Lipinski definition) is 1. The number of H-pyrrole nitrogens is 1. The van der Waals surface area contributed by atoms with Gasteiger partial charge in [0, 0.05) is 11.8 Å². The van der Waals surface area contributed by atoms with E-state index >= 15 is 0 Å². The minimum Gasteiger partial charge on any atom is -0.417 e. The summed E-state index contributed by atoms with van der Waals surface area (Å²) in [7, 11) is -0.986. The van der Waals surface area contributed by atoms with Crippen LogP contribution in [-0.4, -0.2) is 25.1 Å². The fourth-order valence-electron chi connectivity index (χ4n) is 2.17. The van der Waals surface area contributed by atoms with Gasteiger partial charge in [0.2, 0.25) is 0 Å². The van der Waals surface area contributed by atoms with Crippen molar-refractivity contribution >= 4 is 9.04 Å². The molecule has 18 heavy (non-hydrogen) atoms. The molecule has 1 atom stereocenters. The van der Waals surface area contributed by atoms with Gasteiger partial charge in [-0.15, -0.1) is 0 Å². The van der Waals surface area contributed by atoms with E-state index in [1.165, 1.54) is 11.4 Å². The monoisotopic (exact) mass is 268 g/mol. The van der Waals surface area contributed by atoms with Crippen molar-refractivity contribution in [2.45, 2.75) is 66.2 Å². The lowest BCUT2D eigenvalue weighted by molar-refractivity contribution is 0.0785.